The van der Waals surface area contributed by atoms with Crippen molar-refractivity contribution in [2.24, 2.45) is 5.92 Å². The summed E-state index contributed by atoms with van der Waals surface area (Å²) in [7, 11) is 0. The molecule has 1 spiro atoms. The van der Waals surface area contributed by atoms with Crippen LogP contribution in [0.2, 0.25) is 0 Å². The van der Waals surface area contributed by atoms with E-state index in [1.807, 2.05) is 18.2 Å². The second-order valence-electron chi connectivity index (χ2n) is 5.42. The average Bonchev–Trinajstić information content (AvgIpc) is 2.32. The molecular formula is C14H18BrNO2. The summed E-state index contributed by atoms with van der Waals surface area (Å²) >= 11 is 3.46. The summed E-state index contributed by atoms with van der Waals surface area (Å²) in [5.41, 5.74) is 0.702. The predicted molar refractivity (Wildman–Crippen MR) is 73.7 cm³/mol. The first-order valence-electron chi connectivity index (χ1n) is 6.48. The second-order valence-corrected chi connectivity index (χ2v) is 6.34. The Hall–Kier alpha value is -0.580. The lowest BCUT2D eigenvalue weighted by atomic mass is 9.76. The van der Waals surface area contributed by atoms with Crippen LogP contribution >= 0.6 is 15.9 Å². The SMILES string of the molecule is CC1CNCCC12C[C@H](O)c1ccc(Br)cc1O2. The molecule has 2 N–H and O–H groups in total. The standard InChI is InChI=1S/C14H18BrNO2/c1-9-8-16-5-4-14(9)7-12(17)11-3-2-10(15)6-13(11)18-14/h2-3,6,9,12,16-17H,4-5,7-8H2,1H3/t9?,12-,14?/m0/s1. The Bertz CT molecular complexity index is 465. The number of halogens is 1. The van der Waals surface area contributed by atoms with E-state index in [2.05, 4.69) is 28.2 Å². The Morgan fingerprint density at radius 3 is 3.11 bits per heavy atom. The van der Waals surface area contributed by atoms with Crippen molar-refractivity contribution in [3.05, 3.63) is 28.2 Å². The van der Waals surface area contributed by atoms with E-state index in [4.69, 9.17) is 4.74 Å². The quantitative estimate of drug-likeness (QED) is 0.774. The molecule has 1 aromatic rings. The largest absolute Gasteiger partial charge is 0.486 e. The van der Waals surface area contributed by atoms with E-state index in [0.29, 0.717) is 12.3 Å². The van der Waals surface area contributed by atoms with Crippen LogP contribution in [0.15, 0.2) is 22.7 Å². The molecule has 2 aliphatic rings. The van der Waals surface area contributed by atoms with Gasteiger partial charge in [-0.05, 0) is 25.1 Å². The van der Waals surface area contributed by atoms with Crippen LogP contribution in [0, 0.1) is 5.92 Å². The first-order valence-corrected chi connectivity index (χ1v) is 7.27. The van der Waals surface area contributed by atoms with E-state index >= 15 is 0 Å². The third-order valence-corrected chi connectivity index (χ3v) is 4.75. The summed E-state index contributed by atoms with van der Waals surface area (Å²) in [5.74, 6) is 1.24. The zero-order chi connectivity index (χ0) is 12.8. The first-order chi connectivity index (χ1) is 8.61. The maximum absolute atomic E-state index is 10.4. The highest BCUT2D eigenvalue weighted by Crippen LogP contribution is 2.46. The van der Waals surface area contributed by atoms with Crippen LogP contribution in [-0.2, 0) is 0 Å². The predicted octanol–water partition coefficient (Wildman–Crippen LogP) is 2.63. The molecule has 1 fully saturated rings. The fourth-order valence-electron chi connectivity index (χ4n) is 3.08. The van der Waals surface area contributed by atoms with Crippen LogP contribution in [-0.4, -0.2) is 23.8 Å². The molecule has 0 amide bonds. The third kappa shape index (κ3) is 1.96. The van der Waals surface area contributed by atoms with Crippen LogP contribution in [0.1, 0.15) is 31.4 Å². The summed E-state index contributed by atoms with van der Waals surface area (Å²) in [6.45, 7) is 4.11. The van der Waals surface area contributed by atoms with Gasteiger partial charge in [0, 0.05) is 28.9 Å². The zero-order valence-electron chi connectivity index (χ0n) is 10.4. The minimum atomic E-state index is -0.414. The first kappa shape index (κ1) is 12.5. The Morgan fingerprint density at radius 1 is 1.50 bits per heavy atom. The van der Waals surface area contributed by atoms with E-state index in [1.165, 1.54) is 0 Å². The summed E-state index contributed by atoms with van der Waals surface area (Å²) in [6.07, 6.45) is 1.24. The maximum atomic E-state index is 10.4. The van der Waals surface area contributed by atoms with Gasteiger partial charge in [-0.1, -0.05) is 28.9 Å². The number of aliphatic hydroxyl groups excluding tert-OH is 1. The molecule has 4 heteroatoms. The van der Waals surface area contributed by atoms with Gasteiger partial charge in [0.2, 0.25) is 0 Å². The highest BCUT2D eigenvalue weighted by Gasteiger charge is 2.45. The number of aliphatic hydroxyl groups is 1. The number of ether oxygens (including phenoxy) is 1. The smallest absolute Gasteiger partial charge is 0.127 e. The monoisotopic (exact) mass is 311 g/mol. The molecule has 2 heterocycles. The van der Waals surface area contributed by atoms with E-state index in [-0.39, 0.29) is 5.60 Å². The molecular weight excluding hydrogens is 294 g/mol. The Morgan fingerprint density at radius 2 is 2.33 bits per heavy atom. The van der Waals surface area contributed by atoms with Crippen LogP contribution in [0.25, 0.3) is 0 Å². The van der Waals surface area contributed by atoms with Crippen LogP contribution in [0.4, 0.5) is 0 Å². The average molecular weight is 312 g/mol. The van der Waals surface area contributed by atoms with Gasteiger partial charge in [0.25, 0.3) is 0 Å². The molecule has 98 valence electrons. The van der Waals surface area contributed by atoms with Crippen molar-refractivity contribution >= 4 is 15.9 Å². The van der Waals surface area contributed by atoms with Gasteiger partial charge in [0.05, 0.1) is 6.10 Å². The normalized spacial score (nSPS) is 35.1. The minimum absolute atomic E-state index is 0.210. The van der Waals surface area contributed by atoms with Gasteiger partial charge in [0.15, 0.2) is 0 Å². The van der Waals surface area contributed by atoms with E-state index in [9.17, 15) is 5.11 Å². The molecule has 0 aliphatic carbocycles. The number of piperidine rings is 1. The van der Waals surface area contributed by atoms with Gasteiger partial charge in [-0.3, -0.25) is 0 Å². The number of fused-ring (bicyclic) bond motifs is 1. The molecule has 18 heavy (non-hydrogen) atoms. The summed E-state index contributed by atoms with van der Waals surface area (Å²) in [4.78, 5) is 0. The minimum Gasteiger partial charge on any atom is -0.486 e. The van der Waals surface area contributed by atoms with Crippen LogP contribution < -0.4 is 10.1 Å². The van der Waals surface area contributed by atoms with Crippen LogP contribution in [0.5, 0.6) is 5.75 Å². The van der Waals surface area contributed by atoms with E-state index in [1.54, 1.807) is 0 Å². The van der Waals surface area contributed by atoms with Crippen molar-refractivity contribution in [3.63, 3.8) is 0 Å². The van der Waals surface area contributed by atoms with Crippen LogP contribution in [0.3, 0.4) is 0 Å². The molecule has 0 aromatic heterocycles. The van der Waals surface area contributed by atoms with Gasteiger partial charge in [-0.2, -0.15) is 0 Å². The van der Waals surface area contributed by atoms with Crippen molar-refractivity contribution in [2.75, 3.05) is 13.1 Å². The molecule has 3 atom stereocenters. The molecule has 0 saturated carbocycles. The molecule has 0 radical (unpaired) electrons. The highest BCUT2D eigenvalue weighted by atomic mass is 79.9. The van der Waals surface area contributed by atoms with Gasteiger partial charge >= 0.3 is 0 Å². The number of nitrogens with one attached hydrogen (secondary N) is 1. The third-order valence-electron chi connectivity index (χ3n) is 4.26. The van der Waals surface area contributed by atoms with E-state index < -0.39 is 6.10 Å². The topological polar surface area (TPSA) is 41.5 Å². The molecule has 2 unspecified atom stereocenters. The fraction of sp³-hybridized carbons (Fsp3) is 0.571. The van der Waals surface area contributed by atoms with Gasteiger partial charge in [-0.15, -0.1) is 0 Å². The molecule has 1 aromatic carbocycles. The lowest BCUT2D eigenvalue weighted by Crippen LogP contribution is -2.55. The summed E-state index contributed by atoms with van der Waals surface area (Å²) in [5, 5.41) is 13.8. The van der Waals surface area contributed by atoms with Crippen molar-refractivity contribution in [3.8, 4) is 5.75 Å². The Labute approximate surface area is 116 Å². The Balaban J connectivity index is 1.99. The maximum Gasteiger partial charge on any atom is 0.127 e. The highest BCUT2D eigenvalue weighted by molar-refractivity contribution is 9.10. The van der Waals surface area contributed by atoms with E-state index in [0.717, 1.165) is 35.3 Å². The number of benzene rings is 1. The van der Waals surface area contributed by atoms with Crippen molar-refractivity contribution in [1.82, 2.24) is 5.32 Å². The molecule has 3 nitrogen and oxygen atoms in total. The fourth-order valence-corrected chi connectivity index (χ4v) is 3.42. The lowest BCUT2D eigenvalue weighted by Gasteiger charge is -2.47. The van der Waals surface area contributed by atoms with Gasteiger partial charge in [-0.25, -0.2) is 0 Å². The summed E-state index contributed by atoms with van der Waals surface area (Å²) < 4.78 is 7.29. The van der Waals surface area contributed by atoms with Crippen molar-refractivity contribution < 1.29 is 9.84 Å². The number of hydrogen-bond donors (Lipinski definition) is 2. The van der Waals surface area contributed by atoms with Gasteiger partial charge in [0.1, 0.15) is 11.4 Å². The zero-order valence-corrected chi connectivity index (χ0v) is 12.0. The molecule has 2 aliphatic heterocycles. The number of rotatable bonds is 0. The second kappa shape index (κ2) is 4.51. The molecule has 3 rings (SSSR count). The molecule has 0 bridgehead atoms. The van der Waals surface area contributed by atoms with Crippen molar-refractivity contribution in [1.29, 1.82) is 0 Å². The lowest BCUT2D eigenvalue weighted by molar-refractivity contribution is -0.0659. The van der Waals surface area contributed by atoms with Gasteiger partial charge < -0.3 is 15.2 Å². The van der Waals surface area contributed by atoms with Crippen molar-refractivity contribution in [2.45, 2.75) is 31.5 Å². The molecule has 1 saturated heterocycles. The summed E-state index contributed by atoms with van der Waals surface area (Å²) in [6, 6.07) is 5.87. The Kier molecular flexibility index (Phi) is 3.12. The number of hydrogen-bond acceptors (Lipinski definition) is 3.